The molecule has 1 saturated carbocycles. The summed E-state index contributed by atoms with van der Waals surface area (Å²) in [4.78, 5) is 18.0. The first-order chi connectivity index (χ1) is 10.0. The number of nitrogens with zero attached hydrogens (tertiary/aromatic N) is 2. The smallest absolute Gasteiger partial charge is 0.335 e. The first kappa shape index (κ1) is 15.8. The molecule has 1 fully saturated rings. The molecule has 0 bridgehead atoms. The van der Waals surface area contributed by atoms with Crippen LogP contribution in [0.5, 0.6) is 0 Å². The third-order valence-electron chi connectivity index (χ3n) is 4.78. The summed E-state index contributed by atoms with van der Waals surface area (Å²) in [5.41, 5.74) is 1.19. The van der Waals surface area contributed by atoms with Gasteiger partial charge < -0.3 is 10.0 Å². The van der Waals surface area contributed by atoms with E-state index in [0.29, 0.717) is 11.6 Å². The number of carboxylic acid groups (broad SMARTS) is 1. The van der Waals surface area contributed by atoms with E-state index >= 15 is 0 Å². The Balaban J connectivity index is 2.16. The average Bonchev–Trinajstić information content (AvgIpc) is 2.53. The molecule has 0 amide bonds. The highest BCUT2D eigenvalue weighted by atomic mass is 16.4. The number of carbonyl (C=O) groups is 1. The maximum absolute atomic E-state index is 11.3. The zero-order chi connectivity index (χ0) is 15.4. The molecular weight excluding hydrogens is 264 g/mol. The largest absolute Gasteiger partial charge is 0.478 e. The van der Waals surface area contributed by atoms with Crippen molar-refractivity contribution in [2.75, 3.05) is 11.9 Å². The Labute approximate surface area is 127 Å². The van der Waals surface area contributed by atoms with Gasteiger partial charge in [0.15, 0.2) is 0 Å². The molecular formula is C17H26N2O2. The minimum absolute atomic E-state index is 0.339. The molecule has 0 saturated heterocycles. The Bertz CT molecular complexity index is 494. The summed E-state index contributed by atoms with van der Waals surface area (Å²) in [6.07, 6.45) is 6.91. The normalized spacial score (nSPS) is 22.0. The molecule has 0 aliphatic heterocycles. The van der Waals surface area contributed by atoms with E-state index in [1.54, 1.807) is 12.1 Å². The van der Waals surface area contributed by atoms with Gasteiger partial charge in [0.25, 0.3) is 0 Å². The summed E-state index contributed by atoms with van der Waals surface area (Å²) in [5, 5.41) is 9.24. The molecule has 0 aromatic carbocycles. The minimum Gasteiger partial charge on any atom is -0.478 e. The molecule has 1 aliphatic rings. The maximum atomic E-state index is 11.3. The van der Waals surface area contributed by atoms with Crippen LogP contribution in [-0.2, 0) is 6.42 Å². The number of aryl methyl sites for hydroxylation is 1. The Morgan fingerprint density at radius 1 is 1.29 bits per heavy atom. The summed E-state index contributed by atoms with van der Waals surface area (Å²) < 4.78 is 0. The topological polar surface area (TPSA) is 53.4 Å². The van der Waals surface area contributed by atoms with Crippen LogP contribution in [0.25, 0.3) is 0 Å². The predicted molar refractivity (Wildman–Crippen MR) is 85.0 cm³/mol. The highest BCUT2D eigenvalue weighted by Crippen LogP contribution is 2.31. The van der Waals surface area contributed by atoms with Gasteiger partial charge >= 0.3 is 5.97 Å². The van der Waals surface area contributed by atoms with Crippen molar-refractivity contribution in [1.29, 1.82) is 0 Å². The zero-order valence-corrected chi connectivity index (χ0v) is 13.3. The Kier molecular flexibility index (Phi) is 5.21. The van der Waals surface area contributed by atoms with Crippen LogP contribution in [0.3, 0.4) is 0 Å². The third-order valence-corrected chi connectivity index (χ3v) is 4.78. The molecule has 1 N–H and O–H groups in total. The fraction of sp³-hybridized carbons (Fsp3) is 0.647. The molecule has 2 rings (SSSR count). The number of carboxylic acids is 1. The van der Waals surface area contributed by atoms with Crippen LogP contribution < -0.4 is 4.90 Å². The summed E-state index contributed by atoms with van der Waals surface area (Å²) >= 11 is 0. The lowest BCUT2D eigenvalue weighted by Crippen LogP contribution is -2.35. The fourth-order valence-electron chi connectivity index (χ4n) is 3.18. The quantitative estimate of drug-likeness (QED) is 0.897. The number of hydrogen-bond acceptors (Lipinski definition) is 3. The monoisotopic (exact) mass is 290 g/mol. The number of pyridine rings is 1. The Morgan fingerprint density at radius 3 is 2.48 bits per heavy atom. The van der Waals surface area contributed by atoms with Gasteiger partial charge in [0.05, 0.1) is 5.56 Å². The van der Waals surface area contributed by atoms with Gasteiger partial charge in [-0.25, -0.2) is 9.78 Å². The van der Waals surface area contributed by atoms with E-state index in [9.17, 15) is 9.90 Å². The molecule has 4 nitrogen and oxygen atoms in total. The van der Waals surface area contributed by atoms with Gasteiger partial charge in [-0.1, -0.05) is 20.3 Å². The van der Waals surface area contributed by atoms with Gasteiger partial charge in [-0.2, -0.15) is 0 Å². The van der Waals surface area contributed by atoms with Gasteiger partial charge in [-0.3, -0.25) is 0 Å². The molecule has 0 atom stereocenters. The molecule has 1 heterocycles. The van der Waals surface area contributed by atoms with Crippen molar-refractivity contribution in [2.45, 2.75) is 58.4 Å². The van der Waals surface area contributed by atoms with Crippen LogP contribution in [0.4, 0.5) is 5.82 Å². The molecule has 4 heteroatoms. The standard InChI is InChI=1S/C17H26N2O2/c1-4-12-6-8-15(9-7-12)19(3)16-11-13(17(20)21)10-14(5-2)18-16/h10-12,15H,4-9H2,1-3H3,(H,20,21). The van der Waals surface area contributed by atoms with E-state index in [0.717, 1.165) is 23.9 Å². The molecule has 1 aromatic rings. The van der Waals surface area contributed by atoms with E-state index < -0.39 is 5.97 Å². The average molecular weight is 290 g/mol. The van der Waals surface area contributed by atoms with Crippen LogP contribution >= 0.6 is 0 Å². The van der Waals surface area contributed by atoms with Crippen molar-refractivity contribution in [2.24, 2.45) is 5.92 Å². The lowest BCUT2D eigenvalue weighted by atomic mass is 9.84. The van der Waals surface area contributed by atoms with E-state index in [1.165, 1.54) is 32.1 Å². The number of aromatic carboxylic acids is 1. The SMILES string of the molecule is CCc1cc(C(=O)O)cc(N(C)C2CCC(CC)CC2)n1. The molecule has 0 radical (unpaired) electrons. The summed E-state index contributed by atoms with van der Waals surface area (Å²) in [7, 11) is 2.05. The van der Waals surface area contributed by atoms with E-state index in [2.05, 4.69) is 16.8 Å². The highest BCUT2D eigenvalue weighted by Gasteiger charge is 2.24. The van der Waals surface area contributed by atoms with Crippen molar-refractivity contribution < 1.29 is 9.90 Å². The minimum atomic E-state index is -0.878. The highest BCUT2D eigenvalue weighted by molar-refractivity contribution is 5.88. The summed E-state index contributed by atoms with van der Waals surface area (Å²) in [5.74, 6) is 0.780. The first-order valence-corrected chi connectivity index (χ1v) is 8.02. The Hall–Kier alpha value is -1.58. The van der Waals surface area contributed by atoms with Crippen LogP contribution in [0.1, 0.15) is 62.0 Å². The van der Waals surface area contributed by atoms with Crippen molar-refractivity contribution >= 4 is 11.8 Å². The van der Waals surface area contributed by atoms with Crippen LogP contribution in [0.2, 0.25) is 0 Å². The second-order valence-electron chi connectivity index (χ2n) is 6.06. The van der Waals surface area contributed by atoms with Crippen molar-refractivity contribution in [1.82, 2.24) is 4.98 Å². The van der Waals surface area contributed by atoms with Crippen LogP contribution in [0, 0.1) is 5.92 Å². The number of anilines is 1. The second-order valence-corrected chi connectivity index (χ2v) is 6.06. The molecule has 0 unspecified atom stereocenters. The van der Waals surface area contributed by atoms with E-state index in [1.807, 2.05) is 14.0 Å². The molecule has 0 spiro atoms. The second kappa shape index (κ2) is 6.92. The van der Waals surface area contributed by atoms with Crippen LogP contribution in [-0.4, -0.2) is 29.1 Å². The maximum Gasteiger partial charge on any atom is 0.335 e. The van der Waals surface area contributed by atoms with Gasteiger partial charge in [-0.05, 0) is 50.2 Å². The van der Waals surface area contributed by atoms with Crippen molar-refractivity contribution in [3.05, 3.63) is 23.4 Å². The molecule has 116 valence electrons. The van der Waals surface area contributed by atoms with Crippen molar-refractivity contribution in [3.8, 4) is 0 Å². The third kappa shape index (κ3) is 3.74. The van der Waals surface area contributed by atoms with E-state index in [4.69, 9.17) is 0 Å². The lowest BCUT2D eigenvalue weighted by molar-refractivity contribution is 0.0696. The number of aromatic nitrogens is 1. The molecule has 1 aliphatic carbocycles. The zero-order valence-electron chi connectivity index (χ0n) is 13.3. The summed E-state index contributed by atoms with van der Waals surface area (Å²) in [6.45, 7) is 4.27. The molecule has 21 heavy (non-hydrogen) atoms. The number of rotatable bonds is 5. The van der Waals surface area contributed by atoms with Gasteiger partial charge in [-0.15, -0.1) is 0 Å². The fourth-order valence-corrected chi connectivity index (χ4v) is 3.18. The predicted octanol–water partition coefficient (Wildman–Crippen LogP) is 3.75. The summed E-state index contributed by atoms with van der Waals surface area (Å²) in [6, 6.07) is 3.86. The van der Waals surface area contributed by atoms with Gasteiger partial charge in [0.1, 0.15) is 5.82 Å². The first-order valence-electron chi connectivity index (χ1n) is 8.02. The molecule has 1 aromatic heterocycles. The lowest BCUT2D eigenvalue weighted by Gasteiger charge is -2.35. The van der Waals surface area contributed by atoms with E-state index in [-0.39, 0.29) is 0 Å². The van der Waals surface area contributed by atoms with Crippen LogP contribution in [0.15, 0.2) is 12.1 Å². The van der Waals surface area contributed by atoms with Gasteiger partial charge in [0.2, 0.25) is 0 Å². The Morgan fingerprint density at radius 2 is 1.95 bits per heavy atom. The van der Waals surface area contributed by atoms with Gasteiger partial charge in [0, 0.05) is 18.8 Å². The van der Waals surface area contributed by atoms with Crippen molar-refractivity contribution in [3.63, 3.8) is 0 Å². The number of hydrogen-bond donors (Lipinski definition) is 1.